The first kappa shape index (κ1) is 15.3. The van der Waals surface area contributed by atoms with Crippen LogP contribution in [0.3, 0.4) is 0 Å². The summed E-state index contributed by atoms with van der Waals surface area (Å²) in [5.41, 5.74) is 8.14. The van der Waals surface area contributed by atoms with Gasteiger partial charge in [-0.2, -0.15) is 0 Å². The van der Waals surface area contributed by atoms with Crippen LogP contribution < -0.4 is 15.8 Å². The van der Waals surface area contributed by atoms with Crippen LogP contribution in [-0.2, 0) is 6.42 Å². The number of guanidine groups is 1. The minimum atomic E-state index is -0.225. The molecule has 0 amide bonds. The number of fused-ring (bicyclic) bond motifs is 1. The zero-order valence-corrected chi connectivity index (χ0v) is 12.8. The Labute approximate surface area is 135 Å². The summed E-state index contributed by atoms with van der Waals surface area (Å²) in [6.07, 6.45) is 1.58. The standard InChI is InChI=1S/C18H20FN3O/c19-14-7-5-13(6-8-14)9-11-21-18(20)22-16-10-12-23-17-4-2-1-3-15(16)17/h1-8,16H,9-12H2,(H3,20,21,22). The molecule has 2 aromatic carbocycles. The third kappa shape index (κ3) is 4.00. The molecule has 1 heterocycles. The average Bonchev–Trinajstić information content (AvgIpc) is 2.57. The van der Waals surface area contributed by atoms with E-state index < -0.39 is 0 Å². The van der Waals surface area contributed by atoms with Gasteiger partial charge in [0.15, 0.2) is 5.96 Å². The van der Waals surface area contributed by atoms with Crippen molar-refractivity contribution >= 4 is 5.96 Å². The van der Waals surface area contributed by atoms with Gasteiger partial charge in [-0.1, -0.05) is 30.3 Å². The van der Waals surface area contributed by atoms with E-state index in [9.17, 15) is 4.39 Å². The molecule has 0 aromatic heterocycles. The fourth-order valence-electron chi connectivity index (χ4n) is 2.67. The molecule has 1 atom stereocenters. The van der Waals surface area contributed by atoms with Gasteiger partial charge in [-0.05, 0) is 30.2 Å². The van der Waals surface area contributed by atoms with Crippen LogP contribution in [0.4, 0.5) is 4.39 Å². The maximum atomic E-state index is 12.9. The molecular weight excluding hydrogens is 293 g/mol. The Bertz CT molecular complexity index is 685. The van der Waals surface area contributed by atoms with Crippen LogP contribution in [0, 0.1) is 5.82 Å². The minimum Gasteiger partial charge on any atom is -0.493 e. The third-order valence-electron chi connectivity index (χ3n) is 3.88. The zero-order valence-electron chi connectivity index (χ0n) is 12.8. The number of halogens is 1. The second kappa shape index (κ2) is 7.13. The molecule has 0 saturated carbocycles. The summed E-state index contributed by atoms with van der Waals surface area (Å²) < 4.78 is 18.5. The summed E-state index contributed by atoms with van der Waals surface area (Å²) in [7, 11) is 0. The van der Waals surface area contributed by atoms with Gasteiger partial charge in [-0.3, -0.25) is 4.99 Å². The number of nitrogens with zero attached hydrogens (tertiary/aromatic N) is 1. The number of ether oxygens (including phenoxy) is 1. The molecule has 0 aliphatic carbocycles. The predicted molar refractivity (Wildman–Crippen MR) is 89.0 cm³/mol. The summed E-state index contributed by atoms with van der Waals surface area (Å²) in [5, 5.41) is 3.26. The topological polar surface area (TPSA) is 59.6 Å². The number of nitrogens with one attached hydrogen (secondary N) is 1. The molecule has 0 saturated heterocycles. The minimum absolute atomic E-state index is 0.120. The SMILES string of the molecule is NC(=NCCc1ccc(F)cc1)NC1CCOc2ccccc21. The number of nitrogens with two attached hydrogens (primary N) is 1. The molecule has 0 fully saturated rings. The molecule has 0 radical (unpaired) electrons. The fraction of sp³-hybridized carbons (Fsp3) is 0.278. The molecule has 3 rings (SSSR count). The zero-order chi connectivity index (χ0) is 16.1. The van der Waals surface area contributed by atoms with E-state index in [1.165, 1.54) is 12.1 Å². The first-order valence-electron chi connectivity index (χ1n) is 7.75. The number of hydrogen-bond donors (Lipinski definition) is 2. The molecule has 4 nitrogen and oxygen atoms in total. The van der Waals surface area contributed by atoms with Crippen molar-refractivity contribution in [3.63, 3.8) is 0 Å². The summed E-state index contributed by atoms with van der Waals surface area (Å²) >= 11 is 0. The molecule has 1 aliphatic rings. The lowest BCUT2D eigenvalue weighted by Crippen LogP contribution is -2.37. The van der Waals surface area contributed by atoms with Crippen molar-refractivity contribution in [1.29, 1.82) is 0 Å². The van der Waals surface area contributed by atoms with E-state index in [-0.39, 0.29) is 11.9 Å². The molecule has 120 valence electrons. The van der Waals surface area contributed by atoms with Crippen LogP contribution >= 0.6 is 0 Å². The molecule has 5 heteroatoms. The van der Waals surface area contributed by atoms with E-state index in [0.717, 1.165) is 29.7 Å². The van der Waals surface area contributed by atoms with Gasteiger partial charge in [0.25, 0.3) is 0 Å². The van der Waals surface area contributed by atoms with Crippen molar-refractivity contribution < 1.29 is 9.13 Å². The van der Waals surface area contributed by atoms with E-state index in [0.29, 0.717) is 19.1 Å². The van der Waals surface area contributed by atoms with E-state index in [1.54, 1.807) is 12.1 Å². The lowest BCUT2D eigenvalue weighted by molar-refractivity contribution is 0.262. The maximum Gasteiger partial charge on any atom is 0.189 e. The van der Waals surface area contributed by atoms with Crippen molar-refractivity contribution in [2.45, 2.75) is 18.9 Å². The number of para-hydroxylation sites is 1. The highest BCUT2D eigenvalue weighted by atomic mass is 19.1. The fourth-order valence-corrected chi connectivity index (χ4v) is 2.67. The van der Waals surface area contributed by atoms with Gasteiger partial charge in [-0.25, -0.2) is 4.39 Å². The molecular formula is C18H20FN3O. The summed E-state index contributed by atoms with van der Waals surface area (Å²) in [6, 6.07) is 14.5. The second-order valence-corrected chi connectivity index (χ2v) is 5.52. The Morgan fingerprint density at radius 1 is 1.22 bits per heavy atom. The van der Waals surface area contributed by atoms with Crippen molar-refractivity contribution in [3.8, 4) is 5.75 Å². The molecule has 0 spiro atoms. The quantitative estimate of drug-likeness (QED) is 0.674. The van der Waals surface area contributed by atoms with E-state index in [2.05, 4.69) is 10.3 Å². The largest absolute Gasteiger partial charge is 0.493 e. The van der Waals surface area contributed by atoms with Crippen molar-refractivity contribution in [2.24, 2.45) is 10.7 Å². The van der Waals surface area contributed by atoms with Crippen LogP contribution in [0.1, 0.15) is 23.6 Å². The Kier molecular flexibility index (Phi) is 4.76. The number of aliphatic imine (C=N–C) groups is 1. The van der Waals surface area contributed by atoms with Gasteiger partial charge in [0.05, 0.1) is 12.6 Å². The molecule has 2 aromatic rings. The van der Waals surface area contributed by atoms with Gasteiger partial charge >= 0.3 is 0 Å². The average molecular weight is 313 g/mol. The van der Waals surface area contributed by atoms with Crippen LogP contribution in [0.2, 0.25) is 0 Å². The van der Waals surface area contributed by atoms with Gasteiger partial charge < -0.3 is 15.8 Å². The third-order valence-corrected chi connectivity index (χ3v) is 3.88. The van der Waals surface area contributed by atoms with Gasteiger partial charge in [0.2, 0.25) is 0 Å². The number of rotatable bonds is 4. The predicted octanol–water partition coefficient (Wildman–Crippen LogP) is 2.80. The Hall–Kier alpha value is -2.56. The first-order chi connectivity index (χ1) is 11.2. The lowest BCUT2D eigenvalue weighted by atomic mass is 10.0. The van der Waals surface area contributed by atoms with Crippen LogP contribution in [0.5, 0.6) is 5.75 Å². The van der Waals surface area contributed by atoms with Gasteiger partial charge in [0, 0.05) is 18.5 Å². The van der Waals surface area contributed by atoms with E-state index >= 15 is 0 Å². The van der Waals surface area contributed by atoms with Gasteiger partial charge in [-0.15, -0.1) is 0 Å². The van der Waals surface area contributed by atoms with Gasteiger partial charge in [0.1, 0.15) is 11.6 Å². The summed E-state index contributed by atoms with van der Waals surface area (Å²) in [5.74, 6) is 1.10. The van der Waals surface area contributed by atoms with E-state index in [4.69, 9.17) is 10.5 Å². The van der Waals surface area contributed by atoms with E-state index in [1.807, 2.05) is 24.3 Å². The van der Waals surface area contributed by atoms with Crippen LogP contribution in [0.15, 0.2) is 53.5 Å². The highest BCUT2D eigenvalue weighted by Crippen LogP contribution is 2.31. The Balaban J connectivity index is 1.57. The molecule has 1 aliphatic heterocycles. The Morgan fingerprint density at radius 2 is 2.00 bits per heavy atom. The monoisotopic (exact) mass is 313 g/mol. The maximum absolute atomic E-state index is 12.9. The molecule has 3 N–H and O–H groups in total. The molecule has 23 heavy (non-hydrogen) atoms. The van der Waals surface area contributed by atoms with Crippen molar-refractivity contribution in [2.75, 3.05) is 13.2 Å². The Morgan fingerprint density at radius 3 is 2.83 bits per heavy atom. The highest BCUT2D eigenvalue weighted by Gasteiger charge is 2.21. The molecule has 1 unspecified atom stereocenters. The van der Waals surface area contributed by atoms with Crippen molar-refractivity contribution in [1.82, 2.24) is 5.32 Å². The smallest absolute Gasteiger partial charge is 0.189 e. The number of hydrogen-bond acceptors (Lipinski definition) is 2. The second-order valence-electron chi connectivity index (χ2n) is 5.52. The lowest BCUT2D eigenvalue weighted by Gasteiger charge is -2.26. The number of benzene rings is 2. The van der Waals surface area contributed by atoms with Crippen molar-refractivity contribution in [3.05, 3.63) is 65.5 Å². The summed E-state index contributed by atoms with van der Waals surface area (Å²) in [6.45, 7) is 1.23. The van der Waals surface area contributed by atoms with Crippen LogP contribution in [-0.4, -0.2) is 19.1 Å². The van der Waals surface area contributed by atoms with Crippen LogP contribution in [0.25, 0.3) is 0 Å². The first-order valence-corrected chi connectivity index (χ1v) is 7.75. The molecule has 0 bridgehead atoms. The highest BCUT2D eigenvalue weighted by molar-refractivity contribution is 5.78. The normalized spacial score (nSPS) is 17.3. The summed E-state index contributed by atoms with van der Waals surface area (Å²) in [4.78, 5) is 4.36.